The molecule has 0 rings (SSSR count). The molecule has 0 amide bonds. The first-order valence-corrected chi connectivity index (χ1v) is 14.0. The zero-order valence-electron chi connectivity index (χ0n) is 12.6. The quantitative estimate of drug-likeness (QED) is 0.408. The summed E-state index contributed by atoms with van der Waals surface area (Å²) in [4.78, 5) is 0. The molecule has 0 saturated carbocycles. The van der Waals surface area contributed by atoms with E-state index in [-0.39, 0.29) is 0 Å². The van der Waals surface area contributed by atoms with E-state index < -0.39 is 16.1 Å². The van der Waals surface area contributed by atoms with Crippen LogP contribution in [0.5, 0.6) is 0 Å². The summed E-state index contributed by atoms with van der Waals surface area (Å²) in [5.41, 5.74) is 2.69. The average molecular weight is 257 g/mol. The van der Waals surface area contributed by atoms with Crippen molar-refractivity contribution in [3.63, 3.8) is 0 Å². The third-order valence-electron chi connectivity index (χ3n) is 2.87. The summed E-state index contributed by atoms with van der Waals surface area (Å²) >= 11 is 0. The fourth-order valence-electron chi connectivity index (χ4n) is 1.93. The lowest BCUT2D eigenvalue weighted by Gasteiger charge is -2.25. The van der Waals surface area contributed by atoms with Gasteiger partial charge < -0.3 is 0 Å². The molecule has 0 aromatic heterocycles. The van der Waals surface area contributed by atoms with Gasteiger partial charge in [-0.15, -0.1) is 0 Å². The van der Waals surface area contributed by atoms with Crippen LogP contribution in [0.3, 0.4) is 0 Å². The Labute approximate surface area is 106 Å². The number of hydrogen-bond acceptors (Lipinski definition) is 0. The van der Waals surface area contributed by atoms with Gasteiger partial charge in [0.1, 0.15) is 0 Å². The van der Waals surface area contributed by atoms with Crippen LogP contribution in [0, 0.1) is 0 Å². The highest BCUT2D eigenvalue weighted by Crippen LogP contribution is 2.23. The van der Waals surface area contributed by atoms with Gasteiger partial charge in [0.2, 0.25) is 0 Å². The number of hydrogen-bond donors (Lipinski definition) is 0. The molecule has 0 radical (unpaired) electrons. The Kier molecular flexibility index (Phi) is 6.87. The molecule has 0 unspecified atom stereocenters. The third-order valence-corrected chi connectivity index (χ3v) is 6.69. The van der Waals surface area contributed by atoms with Crippen LogP contribution in [0.1, 0.15) is 39.0 Å². The van der Waals surface area contributed by atoms with Crippen molar-refractivity contribution >= 4 is 16.1 Å². The van der Waals surface area contributed by atoms with Crippen LogP contribution in [0.15, 0.2) is 10.9 Å². The first kappa shape index (κ1) is 16.2. The molecule has 0 atom stereocenters. The number of unbranched alkanes of at least 4 members (excludes halogenated alkanes) is 3. The molecular weight excluding hydrogens is 224 g/mol. The van der Waals surface area contributed by atoms with Crippen molar-refractivity contribution in [1.82, 2.24) is 0 Å². The molecule has 0 aromatic carbocycles. The second-order valence-corrected chi connectivity index (χ2v) is 17.3. The maximum atomic E-state index is 2.69. The van der Waals surface area contributed by atoms with Gasteiger partial charge in [-0.05, 0) is 12.8 Å². The Balaban J connectivity index is 4.42. The summed E-state index contributed by atoms with van der Waals surface area (Å²) in [5.74, 6) is 0. The Morgan fingerprint density at radius 1 is 0.875 bits per heavy atom. The van der Waals surface area contributed by atoms with Crippen LogP contribution >= 0.6 is 0 Å². The number of rotatable bonds is 7. The maximum absolute atomic E-state index is 2.69. The topological polar surface area (TPSA) is 0 Å². The minimum Gasteiger partial charge on any atom is -0.0995 e. The van der Waals surface area contributed by atoms with E-state index in [0.717, 1.165) is 0 Å². The van der Waals surface area contributed by atoms with E-state index in [2.05, 4.69) is 51.9 Å². The predicted octanol–water partition coefficient (Wildman–Crippen LogP) is 5.64. The fourth-order valence-corrected chi connectivity index (χ4v) is 7.08. The lowest BCUT2D eigenvalue weighted by atomic mass is 10.1. The average Bonchev–Trinajstić information content (AvgIpc) is 2.06. The van der Waals surface area contributed by atoms with Gasteiger partial charge in [-0.1, -0.05) is 76.4 Å². The minimum atomic E-state index is -1.06. The second-order valence-electron chi connectivity index (χ2n) is 7.10. The zero-order chi connectivity index (χ0) is 12.8. The minimum absolute atomic E-state index is 1.03. The molecule has 0 nitrogen and oxygen atoms in total. The van der Waals surface area contributed by atoms with Crippen molar-refractivity contribution in [1.29, 1.82) is 0 Å². The Hall–Kier alpha value is 0.174. The van der Waals surface area contributed by atoms with Gasteiger partial charge in [-0.25, -0.2) is 0 Å². The van der Waals surface area contributed by atoms with Crippen LogP contribution in [0.2, 0.25) is 39.3 Å². The van der Waals surface area contributed by atoms with E-state index in [4.69, 9.17) is 0 Å². The molecule has 0 aliphatic rings. The normalized spacial score (nSPS) is 14.3. The maximum Gasteiger partial charge on any atom is 0.0715 e. The van der Waals surface area contributed by atoms with Crippen molar-refractivity contribution in [2.45, 2.75) is 78.3 Å². The van der Waals surface area contributed by atoms with Crippen molar-refractivity contribution in [2.24, 2.45) is 0 Å². The summed E-state index contributed by atoms with van der Waals surface area (Å²) < 4.78 is 0. The molecule has 0 aromatic rings. The van der Waals surface area contributed by atoms with Gasteiger partial charge in [-0.2, -0.15) is 0 Å². The molecule has 0 N–H and O–H groups in total. The Morgan fingerprint density at radius 2 is 1.44 bits per heavy atom. The molecule has 2 heteroatoms. The van der Waals surface area contributed by atoms with Gasteiger partial charge in [0, 0.05) is 0 Å². The van der Waals surface area contributed by atoms with E-state index in [1.807, 2.05) is 5.20 Å². The predicted molar refractivity (Wildman–Crippen MR) is 83.5 cm³/mol. The largest absolute Gasteiger partial charge is 0.0995 e. The van der Waals surface area contributed by atoms with Crippen molar-refractivity contribution < 1.29 is 0 Å². The van der Waals surface area contributed by atoms with Gasteiger partial charge in [0.05, 0.1) is 16.1 Å². The Bertz CT molecular complexity index is 216. The summed E-state index contributed by atoms with van der Waals surface area (Å²) in [6.07, 6.45) is 6.96. The number of allylic oxidation sites excluding steroid dienone is 1. The van der Waals surface area contributed by atoms with Crippen LogP contribution in [-0.4, -0.2) is 16.1 Å². The Morgan fingerprint density at radius 3 is 1.81 bits per heavy atom. The highest BCUT2D eigenvalue weighted by Gasteiger charge is 2.22. The van der Waals surface area contributed by atoms with Crippen LogP contribution in [0.4, 0.5) is 0 Å². The van der Waals surface area contributed by atoms with E-state index in [1.165, 1.54) is 32.1 Å². The van der Waals surface area contributed by atoms with E-state index in [9.17, 15) is 0 Å². The zero-order valence-corrected chi connectivity index (χ0v) is 14.6. The molecule has 0 fully saturated rings. The summed E-state index contributed by atoms with van der Waals surface area (Å²) in [7, 11) is -2.09. The van der Waals surface area contributed by atoms with E-state index in [0.29, 0.717) is 0 Å². The van der Waals surface area contributed by atoms with Gasteiger partial charge >= 0.3 is 0 Å². The monoisotopic (exact) mass is 256 g/mol. The summed E-state index contributed by atoms with van der Waals surface area (Å²) in [6, 6.07) is 0. The lowest BCUT2D eigenvalue weighted by molar-refractivity contribution is 0.670. The molecule has 0 aliphatic heterocycles. The molecule has 16 heavy (non-hydrogen) atoms. The SMILES string of the molecule is CCCCCC/C(=C/[Si](C)(C)C)[Si](C)(C)C. The van der Waals surface area contributed by atoms with Gasteiger partial charge in [0.15, 0.2) is 0 Å². The molecular formula is C14H32Si2. The molecule has 0 saturated heterocycles. The molecule has 0 spiro atoms. The highest BCUT2D eigenvalue weighted by atomic mass is 28.3. The van der Waals surface area contributed by atoms with Crippen molar-refractivity contribution in [2.75, 3.05) is 0 Å². The van der Waals surface area contributed by atoms with Gasteiger partial charge in [-0.3, -0.25) is 0 Å². The lowest BCUT2D eigenvalue weighted by Crippen LogP contribution is -2.28. The van der Waals surface area contributed by atoms with Crippen molar-refractivity contribution in [3.05, 3.63) is 10.9 Å². The van der Waals surface area contributed by atoms with E-state index >= 15 is 0 Å². The van der Waals surface area contributed by atoms with Crippen molar-refractivity contribution in [3.8, 4) is 0 Å². The fraction of sp³-hybridized carbons (Fsp3) is 0.857. The summed E-state index contributed by atoms with van der Waals surface area (Å²) in [6.45, 7) is 17.2. The van der Waals surface area contributed by atoms with Gasteiger partial charge in [0.25, 0.3) is 0 Å². The smallest absolute Gasteiger partial charge is 0.0715 e. The molecule has 0 aliphatic carbocycles. The summed E-state index contributed by atoms with van der Waals surface area (Å²) in [5, 5.41) is 1.84. The van der Waals surface area contributed by atoms with E-state index in [1.54, 1.807) is 0 Å². The second kappa shape index (κ2) is 6.80. The van der Waals surface area contributed by atoms with Crippen LogP contribution < -0.4 is 0 Å². The third kappa shape index (κ3) is 8.34. The molecule has 0 heterocycles. The first-order chi connectivity index (χ1) is 7.17. The van der Waals surface area contributed by atoms with Crippen LogP contribution in [0.25, 0.3) is 0 Å². The molecule has 96 valence electrons. The van der Waals surface area contributed by atoms with Crippen LogP contribution in [-0.2, 0) is 0 Å². The first-order valence-electron chi connectivity index (χ1n) is 6.89. The highest BCUT2D eigenvalue weighted by molar-refractivity contribution is 6.87. The standard InChI is InChI=1S/C14H32Si2/c1-8-9-10-11-12-14(16(5,6)7)13-15(2,3)4/h13H,8-12H2,1-7H3/b14-13-. The molecule has 0 bridgehead atoms.